The van der Waals surface area contributed by atoms with E-state index < -0.39 is 0 Å². The van der Waals surface area contributed by atoms with Gasteiger partial charge in [-0.1, -0.05) is 11.6 Å². The van der Waals surface area contributed by atoms with Gasteiger partial charge in [-0.05, 0) is 37.3 Å². The Morgan fingerprint density at radius 1 is 1.17 bits per heavy atom. The zero-order valence-electron chi connectivity index (χ0n) is 9.67. The van der Waals surface area contributed by atoms with Crippen LogP contribution in [0.15, 0.2) is 42.7 Å². The molecule has 0 bridgehead atoms. The van der Waals surface area contributed by atoms with Crippen molar-refractivity contribution in [2.24, 2.45) is 0 Å². The maximum Gasteiger partial charge on any atom is 0.234 e. The smallest absolute Gasteiger partial charge is 0.234 e. The van der Waals surface area contributed by atoms with Gasteiger partial charge in [-0.15, -0.1) is 11.3 Å². The van der Waals surface area contributed by atoms with Crippen molar-refractivity contribution in [1.29, 1.82) is 0 Å². The van der Waals surface area contributed by atoms with E-state index in [2.05, 4.69) is 9.97 Å². The van der Waals surface area contributed by atoms with Gasteiger partial charge in [0.1, 0.15) is 0 Å². The van der Waals surface area contributed by atoms with Crippen molar-refractivity contribution in [3.8, 4) is 16.5 Å². The number of aromatic nitrogens is 3. The van der Waals surface area contributed by atoms with Crippen LogP contribution in [0.5, 0.6) is 0 Å². The number of nitrogens with zero attached hydrogens (tertiary/aromatic N) is 3. The molecule has 0 N–H and O–H groups in total. The first-order chi connectivity index (χ1) is 8.72. The largest absolute Gasteiger partial charge is 0.293 e. The molecule has 0 aliphatic rings. The summed E-state index contributed by atoms with van der Waals surface area (Å²) in [5.41, 5.74) is 1.84. The lowest BCUT2D eigenvalue weighted by Gasteiger charge is -2.05. The maximum absolute atomic E-state index is 5.96. The molecule has 3 aromatic heterocycles. The lowest BCUT2D eigenvalue weighted by molar-refractivity contribution is 0.922. The molecule has 0 spiro atoms. The standard InChI is InChI=1S/C13H10ClN3S/c1-9-8-10(11-4-5-12(14)18-11)16-13(15-9)17-6-2-3-7-17/h2-8H,1H3. The number of halogens is 1. The van der Waals surface area contributed by atoms with Gasteiger partial charge in [-0.3, -0.25) is 4.57 Å². The molecule has 0 amide bonds. The second kappa shape index (κ2) is 4.55. The van der Waals surface area contributed by atoms with Crippen molar-refractivity contribution in [1.82, 2.24) is 14.5 Å². The number of hydrogen-bond acceptors (Lipinski definition) is 3. The van der Waals surface area contributed by atoms with Crippen LogP contribution in [0, 0.1) is 6.92 Å². The molecule has 0 atom stereocenters. The van der Waals surface area contributed by atoms with Crippen LogP contribution >= 0.6 is 22.9 Å². The molecule has 3 heterocycles. The van der Waals surface area contributed by atoms with Crippen molar-refractivity contribution in [2.75, 3.05) is 0 Å². The number of thiophene rings is 1. The molecule has 0 aliphatic carbocycles. The van der Waals surface area contributed by atoms with Gasteiger partial charge in [0, 0.05) is 18.1 Å². The lowest BCUT2D eigenvalue weighted by atomic mass is 10.3. The Bertz CT molecular complexity index is 673. The van der Waals surface area contributed by atoms with Crippen LogP contribution in [0.4, 0.5) is 0 Å². The average Bonchev–Trinajstić information content (AvgIpc) is 2.98. The van der Waals surface area contributed by atoms with Crippen molar-refractivity contribution in [2.45, 2.75) is 6.92 Å². The third-order valence-corrected chi connectivity index (χ3v) is 3.76. The maximum atomic E-state index is 5.96. The van der Waals surface area contributed by atoms with E-state index in [1.807, 2.05) is 54.2 Å². The highest BCUT2D eigenvalue weighted by Crippen LogP contribution is 2.30. The predicted octanol–water partition coefficient (Wildman–Crippen LogP) is 3.96. The van der Waals surface area contributed by atoms with Gasteiger partial charge in [0.2, 0.25) is 5.95 Å². The fourth-order valence-corrected chi connectivity index (χ4v) is 2.72. The first-order valence-electron chi connectivity index (χ1n) is 5.47. The van der Waals surface area contributed by atoms with Crippen LogP contribution in [0.2, 0.25) is 4.34 Å². The van der Waals surface area contributed by atoms with Crippen LogP contribution < -0.4 is 0 Å². The van der Waals surface area contributed by atoms with E-state index in [1.54, 1.807) is 0 Å². The summed E-state index contributed by atoms with van der Waals surface area (Å²) in [5, 5.41) is 0. The van der Waals surface area contributed by atoms with Crippen molar-refractivity contribution in [3.63, 3.8) is 0 Å². The van der Waals surface area contributed by atoms with E-state index in [0.717, 1.165) is 20.6 Å². The predicted molar refractivity (Wildman–Crippen MR) is 74.4 cm³/mol. The minimum atomic E-state index is 0.680. The first kappa shape index (κ1) is 11.4. The van der Waals surface area contributed by atoms with Crippen LogP contribution in [0.1, 0.15) is 5.69 Å². The Morgan fingerprint density at radius 3 is 2.61 bits per heavy atom. The highest BCUT2D eigenvalue weighted by molar-refractivity contribution is 7.19. The molecule has 0 saturated heterocycles. The van der Waals surface area contributed by atoms with Gasteiger partial charge >= 0.3 is 0 Å². The Kier molecular flexibility index (Phi) is 2.89. The van der Waals surface area contributed by atoms with E-state index in [-0.39, 0.29) is 0 Å². The average molecular weight is 276 g/mol. The molecule has 3 rings (SSSR count). The monoisotopic (exact) mass is 275 g/mol. The molecule has 0 aliphatic heterocycles. The Morgan fingerprint density at radius 2 is 1.94 bits per heavy atom. The first-order valence-corrected chi connectivity index (χ1v) is 6.66. The van der Waals surface area contributed by atoms with E-state index in [4.69, 9.17) is 11.6 Å². The second-order valence-corrected chi connectivity index (χ2v) is 5.60. The molecule has 0 unspecified atom stereocenters. The van der Waals surface area contributed by atoms with E-state index in [1.165, 1.54) is 11.3 Å². The lowest BCUT2D eigenvalue weighted by Crippen LogP contribution is -2.00. The summed E-state index contributed by atoms with van der Waals surface area (Å²) in [6, 6.07) is 9.73. The normalized spacial score (nSPS) is 10.8. The molecular weight excluding hydrogens is 266 g/mol. The highest BCUT2D eigenvalue weighted by Gasteiger charge is 2.07. The van der Waals surface area contributed by atoms with Gasteiger partial charge in [-0.25, -0.2) is 9.97 Å². The number of hydrogen-bond donors (Lipinski definition) is 0. The van der Waals surface area contributed by atoms with Crippen LogP contribution in [0.25, 0.3) is 16.5 Å². The van der Waals surface area contributed by atoms with Crippen LogP contribution in [-0.4, -0.2) is 14.5 Å². The molecule has 0 aromatic carbocycles. The van der Waals surface area contributed by atoms with Crippen molar-refractivity contribution in [3.05, 3.63) is 52.8 Å². The van der Waals surface area contributed by atoms with E-state index in [9.17, 15) is 0 Å². The Hall–Kier alpha value is -1.65. The van der Waals surface area contributed by atoms with Gasteiger partial charge < -0.3 is 0 Å². The Balaban J connectivity index is 2.11. The number of rotatable bonds is 2. The van der Waals surface area contributed by atoms with E-state index >= 15 is 0 Å². The van der Waals surface area contributed by atoms with Crippen LogP contribution in [-0.2, 0) is 0 Å². The summed E-state index contributed by atoms with van der Waals surface area (Å²) in [5.74, 6) is 0.680. The molecule has 90 valence electrons. The second-order valence-electron chi connectivity index (χ2n) is 3.89. The van der Waals surface area contributed by atoms with Crippen molar-refractivity contribution < 1.29 is 0 Å². The number of aryl methyl sites for hydroxylation is 1. The highest BCUT2D eigenvalue weighted by atomic mass is 35.5. The van der Waals surface area contributed by atoms with Gasteiger partial charge in [0.05, 0.1) is 14.9 Å². The molecule has 0 radical (unpaired) electrons. The minimum absolute atomic E-state index is 0.680. The summed E-state index contributed by atoms with van der Waals surface area (Å²) >= 11 is 7.48. The molecule has 5 heteroatoms. The molecule has 18 heavy (non-hydrogen) atoms. The zero-order chi connectivity index (χ0) is 12.5. The quantitative estimate of drug-likeness (QED) is 0.709. The molecule has 3 aromatic rings. The van der Waals surface area contributed by atoms with Gasteiger partial charge in [-0.2, -0.15) is 0 Å². The fraction of sp³-hybridized carbons (Fsp3) is 0.0769. The summed E-state index contributed by atoms with van der Waals surface area (Å²) in [4.78, 5) is 10.0. The SMILES string of the molecule is Cc1cc(-c2ccc(Cl)s2)nc(-n2cccc2)n1. The van der Waals surface area contributed by atoms with Crippen molar-refractivity contribution >= 4 is 22.9 Å². The topological polar surface area (TPSA) is 30.7 Å². The van der Waals surface area contributed by atoms with Gasteiger partial charge in [0.15, 0.2) is 0 Å². The Labute approximate surface area is 114 Å². The summed E-state index contributed by atoms with van der Waals surface area (Å²) in [7, 11) is 0. The van der Waals surface area contributed by atoms with E-state index in [0.29, 0.717) is 5.95 Å². The van der Waals surface area contributed by atoms with Gasteiger partial charge in [0.25, 0.3) is 0 Å². The molecular formula is C13H10ClN3S. The molecule has 0 saturated carbocycles. The summed E-state index contributed by atoms with van der Waals surface area (Å²) in [6.45, 7) is 1.97. The zero-order valence-corrected chi connectivity index (χ0v) is 11.2. The van der Waals surface area contributed by atoms with Crippen LogP contribution in [0.3, 0.4) is 0 Å². The third-order valence-electron chi connectivity index (χ3n) is 2.50. The third kappa shape index (κ3) is 2.17. The minimum Gasteiger partial charge on any atom is -0.293 e. The molecule has 0 fully saturated rings. The fourth-order valence-electron chi connectivity index (χ4n) is 1.71. The summed E-state index contributed by atoms with van der Waals surface area (Å²) < 4.78 is 2.66. The molecule has 3 nitrogen and oxygen atoms in total. The summed E-state index contributed by atoms with van der Waals surface area (Å²) in [6.07, 6.45) is 3.86.